The molecule has 3 aromatic carbocycles. The van der Waals surface area contributed by atoms with Gasteiger partial charge in [0.2, 0.25) is 0 Å². The van der Waals surface area contributed by atoms with Crippen molar-refractivity contribution in [3.05, 3.63) is 78.6 Å². The molecule has 52 heavy (non-hydrogen) atoms. The van der Waals surface area contributed by atoms with Gasteiger partial charge in [-0.2, -0.15) is 0 Å². The fourth-order valence-electron chi connectivity index (χ4n) is 5.16. The lowest BCUT2D eigenvalue weighted by atomic mass is 10.0. The number of ether oxygens (including phenoxy) is 5. The Kier molecular flexibility index (Phi) is 13.1. The second-order valence-electron chi connectivity index (χ2n) is 11.3. The van der Waals surface area contributed by atoms with Gasteiger partial charge in [-0.15, -0.1) is 30.0 Å². The van der Waals surface area contributed by atoms with Gasteiger partial charge in [0.1, 0.15) is 41.6 Å². The highest BCUT2D eigenvalue weighted by molar-refractivity contribution is 8.24. The highest BCUT2D eigenvalue weighted by Crippen LogP contribution is 2.34. The van der Waals surface area contributed by atoms with E-state index < -0.39 is 42.2 Å². The summed E-state index contributed by atoms with van der Waals surface area (Å²) in [7, 11) is 4.63. The Hall–Kier alpha value is -4.33. The molecule has 3 N–H and O–H groups in total. The van der Waals surface area contributed by atoms with Crippen LogP contribution in [0.25, 0.3) is 17.1 Å². The van der Waals surface area contributed by atoms with E-state index in [-0.39, 0.29) is 5.75 Å². The van der Waals surface area contributed by atoms with E-state index in [9.17, 15) is 23.1 Å². The molecule has 1 saturated heterocycles. The smallest absolute Gasteiger partial charge is 0.497 e. The van der Waals surface area contributed by atoms with Crippen LogP contribution in [-0.2, 0) is 14.2 Å². The molecule has 5 rings (SSSR count). The van der Waals surface area contributed by atoms with Crippen molar-refractivity contribution in [2.24, 2.45) is 4.99 Å². The minimum Gasteiger partial charge on any atom is -0.497 e. The van der Waals surface area contributed by atoms with Crippen LogP contribution in [0.5, 0.6) is 11.5 Å². The number of aromatic nitrogens is 3. The van der Waals surface area contributed by atoms with Crippen LogP contribution < -0.4 is 20.1 Å². The number of hydrogen-bond donors (Lipinski definition) is 3. The number of aliphatic hydroxyl groups is 1. The van der Waals surface area contributed by atoms with Crippen molar-refractivity contribution >= 4 is 46.1 Å². The number of aryl methyl sites for hydroxylation is 1. The van der Waals surface area contributed by atoms with Gasteiger partial charge in [0.05, 0.1) is 24.6 Å². The highest BCUT2D eigenvalue weighted by atomic mass is 32.2. The van der Waals surface area contributed by atoms with Crippen molar-refractivity contribution in [3.8, 4) is 28.6 Å². The maximum absolute atomic E-state index is 13.2. The quantitative estimate of drug-likeness (QED) is 0.0871. The van der Waals surface area contributed by atoms with Crippen molar-refractivity contribution in [3.63, 3.8) is 0 Å². The van der Waals surface area contributed by atoms with Crippen molar-refractivity contribution in [2.75, 3.05) is 31.7 Å². The predicted molar refractivity (Wildman–Crippen MR) is 192 cm³/mol. The van der Waals surface area contributed by atoms with Crippen LogP contribution in [0, 0.1) is 6.92 Å². The van der Waals surface area contributed by atoms with E-state index in [1.807, 2.05) is 13.0 Å². The van der Waals surface area contributed by atoms with E-state index >= 15 is 0 Å². The van der Waals surface area contributed by atoms with Gasteiger partial charge in [-0.05, 0) is 86.1 Å². The van der Waals surface area contributed by atoms with E-state index in [1.54, 1.807) is 50.4 Å². The number of nitrogens with one attached hydrogen (secondary N) is 2. The summed E-state index contributed by atoms with van der Waals surface area (Å²) in [5, 5.41) is 21.3. The first-order valence-corrected chi connectivity index (χ1v) is 17.7. The van der Waals surface area contributed by atoms with E-state index in [0.717, 1.165) is 5.56 Å². The summed E-state index contributed by atoms with van der Waals surface area (Å²) in [6.45, 7) is 3.66. The molecule has 4 aromatic rings. The third-order valence-corrected chi connectivity index (χ3v) is 10.00. The third kappa shape index (κ3) is 10.2. The minimum absolute atomic E-state index is 0.323. The topological polar surface area (TPSA) is 151 Å². The first kappa shape index (κ1) is 38.9. The molecule has 1 aliphatic rings. The molecule has 2 heterocycles. The predicted octanol–water partition coefficient (Wildman–Crippen LogP) is 6.52. The number of aliphatic imine (C=N–C) groups is 1. The summed E-state index contributed by atoms with van der Waals surface area (Å²) in [6, 6.07) is 16.9. The second kappa shape index (κ2) is 17.5. The van der Waals surface area contributed by atoms with Crippen LogP contribution in [0.3, 0.4) is 0 Å². The normalized spacial score (nSPS) is 20.7. The molecule has 1 aromatic heterocycles. The summed E-state index contributed by atoms with van der Waals surface area (Å²) in [6.07, 6.45) is -5.77. The number of halogens is 3. The molecule has 0 unspecified atom stereocenters. The van der Waals surface area contributed by atoms with Crippen LogP contribution in [0.15, 0.2) is 78.0 Å². The average molecular weight is 763 g/mol. The molecule has 18 heteroatoms. The lowest BCUT2D eigenvalue weighted by molar-refractivity contribution is -0.274. The van der Waals surface area contributed by atoms with Gasteiger partial charge in [0.25, 0.3) is 0 Å². The lowest BCUT2D eigenvalue weighted by Crippen LogP contribution is -2.57. The number of alkyl halides is 3. The zero-order valence-corrected chi connectivity index (χ0v) is 30.3. The molecule has 0 saturated carbocycles. The minimum atomic E-state index is -4.78. The summed E-state index contributed by atoms with van der Waals surface area (Å²) in [5.74, 6) is 0.694. The SMILES string of the molecule is COc1ccc(N=C(NC(=O)Nc2ccc(-c3ncn(-c4ccc(OC(F)(F)F)cc4)n3)cc2)SCS[C@@H]2O[C@@H](C)[C@H](O)[C@@H](OC)[C@H]2OC)c(C)c1. The van der Waals surface area contributed by atoms with Crippen LogP contribution in [-0.4, -0.2) is 93.7 Å². The number of thioether (sulfide) groups is 2. The van der Waals surface area contributed by atoms with Crippen LogP contribution in [0.4, 0.5) is 29.3 Å². The number of hydrogen-bond acceptors (Lipinski definition) is 12. The number of amidine groups is 1. The van der Waals surface area contributed by atoms with E-state index in [2.05, 4.69) is 25.5 Å². The number of aliphatic hydroxyl groups excluding tert-OH is 1. The molecular formula is C34H37F3N6O7S2. The van der Waals surface area contributed by atoms with Gasteiger partial charge in [-0.1, -0.05) is 11.8 Å². The fraction of sp³-hybridized carbons (Fsp3) is 0.353. The van der Waals surface area contributed by atoms with E-state index in [1.165, 1.54) is 73.0 Å². The fourth-order valence-corrected chi connectivity index (χ4v) is 7.46. The molecule has 0 bridgehead atoms. The number of amides is 2. The number of anilines is 1. The Bertz CT molecular complexity index is 1830. The van der Waals surface area contributed by atoms with Crippen LogP contribution in [0.2, 0.25) is 0 Å². The third-order valence-electron chi connectivity index (χ3n) is 7.80. The summed E-state index contributed by atoms with van der Waals surface area (Å²) in [4.78, 5) is 22.2. The Labute approximate surface area is 306 Å². The standard InChI is InChI=1S/C34H37F3N6O7S2/c1-19-16-25(46-3)14-15-26(19)40-33(52-18-51-31-29(48-5)28(47-4)27(44)20(2)49-31)41-32(45)39-22-8-6-21(7-9-22)30-38-17-43(42-30)23-10-12-24(13-11-23)50-34(35,36)37/h6-17,20,27-29,31,44H,18H2,1-5H3,(H2,39,40,41,45)/t20-,27-,28+,29+,31-/m0/s1. The molecule has 13 nitrogen and oxygen atoms in total. The molecular weight excluding hydrogens is 726 g/mol. The lowest BCUT2D eigenvalue weighted by Gasteiger charge is -2.42. The van der Waals surface area contributed by atoms with Gasteiger partial charge in [-0.25, -0.2) is 19.5 Å². The summed E-state index contributed by atoms with van der Waals surface area (Å²) < 4.78 is 65.2. The largest absolute Gasteiger partial charge is 0.573 e. The van der Waals surface area contributed by atoms with Gasteiger partial charge in [0, 0.05) is 30.6 Å². The average Bonchev–Trinajstić information content (AvgIpc) is 3.60. The molecule has 0 spiro atoms. The molecule has 2 amide bonds. The Morgan fingerprint density at radius 3 is 2.35 bits per heavy atom. The summed E-state index contributed by atoms with van der Waals surface area (Å²) in [5.41, 5.74) is 2.64. The maximum Gasteiger partial charge on any atom is 0.573 e. The Morgan fingerprint density at radius 1 is 1.02 bits per heavy atom. The monoisotopic (exact) mass is 762 g/mol. The van der Waals surface area contributed by atoms with E-state index in [4.69, 9.17) is 23.9 Å². The molecule has 1 fully saturated rings. The van der Waals surface area contributed by atoms with Gasteiger partial charge >= 0.3 is 12.4 Å². The first-order chi connectivity index (χ1) is 24.9. The Balaban J connectivity index is 1.24. The van der Waals surface area contributed by atoms with Crippen molar-refractivity contribution in [1.82, 2.24) is 20.1 Å². The molecule has 1 aliphatic heterocycles. The number of carbonyl (C=O) groups excluding carboxylic acids is 1. The zero-order valence-electron chi connectivity index (χ0n) is 28.7. The van der Waals surface area contributed by atoms with Gasteiger partial charge < -0.3 is 34.1 Å². The van der Waals surface area contributed by atoms with Gasteiger partial charge in [-0.3, -0.25) is 5.32 Å². The molecule has 0 aliphatic carbocycles. The van der Waals surface area contributed by atoms with Crippen molar-refractivity contribution < 1.29 is 46.8 Å². The van der Waals surface area contributed by atoms with E-state index in [0.29, 0.717) is 44.5 Å². The molecule has 5 atom stereocenters. The van der Waals surface area contributed by atoms with Crippen molar-refractivity contribution in [1.29, 1.82) is 0 Å². The zero-order chi connectivity index (χ0) is 37.4. The number of urea groups is 1. The van der Waals surface area contributed by atoms with Gasteiger partial charge in [0.15, 0.2) is 11.0 Å². The Morgan fingerprint density at radius 2 is 1.71 bits per heavy atom. The number of methoxy groups -OCH3 is 3. The van der Waals surface area contributed by atoms with Crippen LogP contribution >= 0.6 is 23.5 Å². The number of rotatable bonds is 11. The number of benzene rings is 3. The number of nitrogens with zero attached hydrogens (tertiary/aromatic N) is 4. The molecule has 0 radical (unpaired) electrons. The van der Waals surface area contributed by atoms with Crippen molar-refractivity contribution in [2.45, 2.75) is 50.1 Å². The van der Waals surface area contributed by atoms with Crippen LogP contribution in [0.1, 0.15) is 12.5 Å². The maximum atomic E-state index is 13.2. The first-order valence-electron chi connectivity index (χ1n) is 15.7. The highest BCUT2D eigenvalue weighted by Gasteiger charge is 2.44. The number of carbonyl (C=O) groups is 1. The summed E-state index contributed by atoms with van der Waals surface area (Å²) >= 11 is 2.72. The molecule has 278 valence electrons. The second-order valence-corrected chi connectivity index (χ2v) is 13.7.